The van der Waals surface area contributed by atoms with Crippen LogP contribution in [0.25, 0.3) is 5.52 Å². The van der Waals surface area contributed by atoms with Gasteiger partial charge in [0.15, 0.2) is 5.75 Å². The molecule has 10 heteroatoms. The fourth-order valence-corrected chi connectivity index (χ4v) is 3.57. The second kappa shape index (κ2) is 6.55. The van der Waals surface area contributed by atoms with E-state index in [-0.39, 0.29) is 11.8 Å². The number of ether oxygens (including phenoxy) is 1. The van der Waals surface area contributed by atoms with Gasteiger partial charge in [0, 0.05) is 37.3 Å². The molecule has 28 heavy (non-hydrogen) atoms. The van der Waals surface area contributed by atoms with Gasteiger partial charge in [-0.3, -0.25) is 0 Å². The van der Waals surface area contributed by atoms with Gasteiger partial charge in [0.2, 0.25) is 5.95 Å². The van der Waals surface area contributed by atoms with Crippen LogP contribution in [0.3, 0.4) is 0 Å². The molecule has 4 aromatic rings. The number of nitrogens with zero attached hydrogens (tertiary/aromatic N) is 6. The Morgan fingerprint density at radius 1 is 1.18 bits per heavy atom. The van der Waals surface area contributed by atoms with Crippen LogP contribution in [0.15, 0.2) is 49.2 Å². The maximum Gasteiger partial charge on any atom is 0.387 e. The Bertz CT molecular complexity index is 1110. The van der Waals surface area contributed by atoms with Gasteiger partial charge in [-0.1, -0.05) is 0 Å². The van der Waals surface area contributed by atoms with E-state index < -0.39 is 6.61 Å². The van der Waals surface area contributed by atoms with Gasteiger partial charge in [-0.05, 0) is 24.3 Å². The van der Waals surface area contributed by atoms with Gasteiger partial charge in [-0.25, -0.2) is 19.5 Å². The van der Waals surface area contributed by atoms with Crippen molar-refractivity contribution in [1.29, 1.82) is 0 Å². The fourth-order valence-electron chi connectivity index (χ4n) is 3.57. The summed E-state index contributed by atoms with van der Waals surface area (Å²) in [5.41, 5.74) is 2.93. The molecule has 8 nitrogen and oxygen atoms in total. The number of alkyl halides is 2. The minimum absolute atomic E-state index is 0.0665. The summed E-state index contributed by atoms with van der Waals surface area (Å²) < 4.78 is 31.7. The third kappa shape index (κ3) is 2.73. The first-order valence-corrected chi connectivity index (χ1v) is 8.69. The average molecular weight is 383 g/mol. The van der Waals surface area contributed by atoms with Crippen LogP contribution in [0.2, 0.25) is 0 Å². The molecule has 4 aromatic heterocycles. The van der Waals surface area contributed by atoms with E-state index in [1.807, 2.05) is 4.90 Å². The Morgan fingerprint density at radius 2 is 2.04 bits per heavy atom. The molecule has 0 bridgehead atoms. The molecule has 1 N–H and O–H groups in total. The lowest BCUT2D eigenvalue weighted by Gasteiger charge is -2.33. The van der Waals surface area contributed by atoms with Gasteiger partial charge in [0.25, 0.3) is 0 Å². The first-order valence-electron chi connectivity index (χ1n) is 8.69. The molecule has 1 aliphatic rings. The molecule has 0 saturated carbocycles. The number of hydrogen-bond donors (Lipinski definition) is 1. The van der Waals surface area contributed by atoms with Crippen LogP contribution in [-0.4, -0.2) is 42.7 Å². The molecule has 0 aromatic carbocycles. The molecular formula is C18H15F2N7O. The van der Waals surface area contributed by atoms with E-state index in [1.165, 1.54) is 10.6 Å². The summed E-state index contributed by atoms with van der Waals surface area (Å²) in [5, 5.41) is 4.60. The largest absolute Gasteiger partial charge is 0.433 e. The standard InChI is InChI=1S/C18H15F2N7O/c19-17(20)28-14-3-1-7-27-13(14)9-12(25-27)16-15-11(23-10-24-15)4-8-26(16)18-21-5-2-6-22-18/h1-3,5-7,9-10,16-17H,4,8H2,(H,23,24)/t16-/m0/s1. The highest BCUT2D eigenvalue weighted by molar-refractivity contribution is 5.61. The van der Waals surface area contributed by atoms with Crippen LogP contribution < -0.4 is 9.64 Å². The van der Waals surface area contributed by atoms with Crippen LogP contribution in [0.1, 0.15) is 23.1 Å². The highest BCUT2D eigenvalue weighted by Gasteiger charge is 2.34. The van der Waals surface area contributed by atoms with Crippen LogP contribution in [0.5, 0.6) is 5.75 Å². The lowest BCUT2D eigenvalue weighted by molar-refractivity contribution is -0.0490. The number of rotatable bonds is 4. The molecule has 1 aliphatic heterocycles. The summed E-state index contributed by atoms with van der Waals surface area (Å²) >= 11 is 0. The number of aromatic amines is 1. The number of nitrogens with one attached hydrogen (secondary N) is 1. The van der Waals surface area contributed by atoms with Crippen molar-refractivity contribution in [1.82, 2.24) is 29.5 Å². The molecule has 0 saturated heterocycles. The Hall–Kier alpha value is -3.56. The quantitative estimate of drug-likeness (QED) is 0.583. The number of H-pyrrole nitrogens is 1. The zero-order chi connectivity index (χ0) is 19.1. The van der Waals surface area contributed by atoms with Gasteiger partial charge in [0.1, 0.15) is 11.6 Å². The third-order valence-corrected chi connectivity index (χ3v) is 4.71. The number of anilines is 1. The van der Waals surface area contributed by atoms with E-state index in [0.717, 1.165) is 17.8 Å². The monoisotopic (exact) mass is 383 g/mol. The van der Waals surface area contributed by atoms with Gasteiger partial charge in [0.05, 0.1) is 17.7 Å². The predicted octanol–water partition coefficient (Wildman–Crippen LogP) is 2.60. The molecule has 0 amide bonds. The topological polar surface area (TPSA) is 84.2 Å². The number of fused-ring (bicyclic) bond motifs is 2. The molecule has 5 rings (SSSR count). The average Bonchev–Trinajstić information content (AvgIpc) is 3.34. The van der Waals surface area contributed by atoms with Gasteiger partial charge in [-0.15, -0.1) is 0 Å². The number of aromatic nitrogens is 6. The summed E-state index contributed by atoms with van der Waals surface area (Å²) in [6.45, 7) is -2.25. The van der Waals surface area contributed by atoms with Crippen LogP contribution >= 0.6 is 0 Å². The van der Waals surface area contributed by atoms with Crippen molar-refractivity contribution < 1.29 is 13.5 Å². The van der Waals surface area contributed by atoms with E-state index in [0.29, 0.717) is 23.7 Å². The van der Waals surface area contributed by atoms with Crippen molar-refractivity contribution >= 4 is 11.5 Å². The molecule has 1 atom stereocenters. The van der Waals surface area contributed by atoms with Crippen molar-refractivity contribution in [3.05, 3.63) is 66.3 Å². The summed E-state index contributed by atoms with van der Waals surface area (Å²) in [7, 11) is 0. The molecule has 0 radical (unpaired) electrons. The SMILES string of the molecule is FC(F)Oc1cccn2nc([C@H]3c4nc[nH]c4CCN3c3ncccn3)cc12. The fraction of sp³-hybridized carbons (Fsp3) is 0.222. The number of imidazole rings is 1. The third-order valence-electron chi connectivity index (χ3n) is 4.71. The smallest absolute Gasteiger partial charge is 0.387 e. The van der Waals surface area contributed by atoms with Crippen LogP contribution in [-0.2, 0) is 6.42 Å². The molecule has 0 spiro atoms. The van der Waals surface area contributed by atoms with Crippen LogP contribution in [0.4, 0.5) is 14.7 Å². The van der Waals surface area contributed by atoms with E-state index in [4.69, 9.17) is 0 Å². The Labute approximate surface area is 157 Å². The number of halogens is 2. The number of pyridine rings is 1. The highest BCUT2D eigenvalue weighted by Crippen LogP contribution is 2.36. The molecule has 0 fully saturated rings. The van der Waals surface area contributed by atoms with Gasteiger partial charge in [-0.2, -0.15) is 13.9 Å². The van der Waals surface area contributed by atoms with Gasteiger partial charge >= 0.3 is 6.61 Å². The molecular weight excluding hydrogens is 368 g/mol. The molecule has 5 heterocycles. The second-order valence-corrected chi connectivity index (χ2v) is 6.31. The summed E-state index contributed by atoms with van der Waals surface area (Å²) in [5.74, 6) is 0.624. The summed E-state index contributed by atoms with van der Waals surface area (Å²) in [6.07, 6.45) is 7.45. The van der Waals surface area contributed by atoms with E-state index in [2.05, 4.69) is 29.8 Å². The molecule has 142 valence electrons. The Kier molecular flexibility index (Phi) is 3.89. The summed E-state index contributed by atoms with van der Waals surface area (Å²) in [4.78, 5) is 18.4. The van der Waals surface area contributed by atoms with Crippen LogP contribution in [0, 0.1) is 0 Å². The minimum Gasteiger partial charge on any atom is -0.433 e. The maximum atomic E-state index is 12.8. The zero-order valence-electron chi connectivity index (χ0n) is 14.5. The first-order chi connectivity index (χ1) is 13.7. The van der Waals surface area contributed by atoms with Crippen molar-refractivity contribution in [3.8, 4) is 5.75 Å². The lowest BCUT2D eigenvalue weighted by Crippen LogP contribution is -2.37. The van der Waals surface area contributed by atoms with Crippen molar-refractivity contribution in [2.24, 2.45) is 0 Å². The van der Waals surface area contributed by atoms with E-state index >= 15 is 0 Å². The number of hydrogen-bond acceptors (Lipinski definition) is 6. The van der Waals surface area contributed by atoms with Crippen molar-refractivity contribution in [3.63, 3.8) is 0 Å². The zero-order valence-corrected chi connectivity index (χ0v) is 14.5. The highest BCUT2D eigenvalue weighted by atomic mass is 19.3. The maximum absolute atomic E-state index is 12.8. The van der Waals surface area contributed by atoms with E-state index in [9.17, 15) is 8.78 Å². The second-order valence-electron chi connectivity index (χ2n) is 6.31. The van der Waals surface area contributed by atoms with Crippen molar-refractivity contribution in [2.45, 2.75) is 19.1 Å². The van der Waals surface area contributed by atoms with E-state index in [1.54, 1.807) is 43.1 Å². The summed E-state index contributed by atoms with van der Waals surface area (Å²) in [6, 6.07) is 6.24. The Morgan fingerprint density at radius 3 is 2.86 bits per heavy atom. The first kappa shape index (κ1) is 16.6. The minimum atomic E-state index is -2.91. The predicted molar refractivity (Wildman–Crippen MR) is 95.3 cm³/mol. The van der Waals surface area contributed by atoms with Crippen molar-refractivity contribution in [2.75, 3.05) is 11.4 Å². The lowest BCUT2D eigenvalue weighted by atomic mass is 10.00. The Balaban J connectivity index is 1.65. The van der Waals surface area contributed by atoms with Gasteiger partial charge < -0.3 is 14.6 Å². The molecule has 0 aliphatic carbocycles. The molecule has 0 unspecified atom stereocenters. The normalized spacial score (nSPS) is 16.5.